The Labute approximate surface area is 152 Å². The molecule has 0 bridgehead atoms. The van der Waals surface area contributed by atoms with Crippen LogP contribution in [0.25, 0.3) is 0 Å². The Balaban J connectivity index is 2.00. The predicted molar refractivity (Wildman–Crippen MR) is 95.2 cm³/mol. The van der Waals surface area contributed by atoms with Crippen molar-refractivity contribution in [3.05, 3.63) is 69.7 Å². The van der Waals surface area contributed by atoms with Crippen LogP contribution >= 0.6 is 15.9 Å². The van der Waals surface area contributed by atoms with Gasteiger partial charge < -0.3 is 10.2 Å². The number of carbonyl (C=O) groups is 2. The van der Waals surface area contributed by atoms with Gasteiger partial charge in [-0.05, 0) is 36.8 Å². The molecule has 0 spiro atoms. The van der Waals surface area contributed by atoms with E-state index < -0.39 is 17.6 Å². The molecule has 3 rings (SSSR count). The van der Waals surface area contributed by atoms with Crippen molar-refractivity contribution in [2.45, 2.75) is 19.1 Å². The van der Waals surface area contributed by atoms with Crippen LogP contribution in [0, 0.1) is 6.92 Å². The number of aryl methyl sites for hydroxylation is 1. The van der Waals surface area contributed by atoms with Gasteiger partial charge in [0.15, 0.2) is 0 Å². The topological polar surface area (TPSA) is 90.2 Å². The van der Waals surface area contributed by atoms with Crippen molar-refractivity contribution >= 4 is 33.5 Å². The third-order valence-electron chi connectivity index (χ3n) is 4.00. The normalized spacial score (nSPS) is 19.6. The van der Waals surface area contributed by atoms with Gasteiger partial charge in [-0.2, -0.15) is 10.1 Å². The van der Waals surface area contributed by atoms with E-state index in [0.29, 0.717) is 16.3 Å². The van der Waals surface area contributed by atoms with Gasteiger partial charge >= 0.3 is 5.97 Å². The first-order valence-electron chi connectivity index (χ1n) is 7.52. The molecule has 0 aromatic heterocycles. The number of carboxylic acid groups (broad SMARTS) is 1. The number of hydrogen-bond acceptors (Lipinski definition) is 4. The minimum absolute atomic E-state index is 0.233. The van der Waals surface area contributed by atoms with Crippen molar-refractivity contribution < 1.29 is 19.8 Å². The first-order chi connectivity index (χ1) is 11.8. The molecule has 2 aromatic carbocycles. The summed E-state index contributed by atoms with van der Waals surface area (Å²) in [6.07, 6.45) is -0.284. The van der Waals surface area contributed by atoms with Gasteiger partial charge in [0.2, 0.25) is 0 Å². The van der Waals surface area contributed by atoms with Crippen LogP contribution in [-0.2, 0) is 4.79 Å². The second-order valence-electron chi connectivity index (χ2n) is 5.84. The van der Waals surface area contributed by atoms with Crippen molar-refractivity contribution in [3.8, 4) is 0 Å². The summed E-state index contributed by atoms with van der Waals surface area (Å²) in [5.41, 5.74) is -0.133. The van der Waals surface area contributed by atoms with Crippen LogP contribution in [-0.4, -0.2) is 38.5 Å². The molecular formula is C18H15BrN2O4. The van der Waals surface area contributed by atoms with E-state index >= 15 is 0 Å². The highest BCUT2D eigenvalue weighted by molar-refractivity contribution is 9.10. The Bertz CT molecular complexity index is 862. The Morgan fingerprint density at radius 2 is 1.72 bits per heavy atom. The predicted octanol–water partition coefficient (Wildman–Crippen LogP) is 2.78. The van der Waals surface area contributed by atoms with Gasteiger partial charge in [0.25, 0.3) is 11.6 Å². The lowest BCUT2D eigenvalue weighted by atomic mass is 10.0. The van der Waals surface area contributed by atoms with Crippen LogP contribution in [0.3, 0.4) is 0 Å². The van der Waals surface area contributed by atoms with E-state index in [2.05, 4.69) is 21.0 Å². The molecule has 25 heavy (non-hydrogen) atoms. The summed E-state index contributed by atoms with van der Waals surface area (Å²) in [6.45, 7) is 1.93. The summed E-state index contributed by atoms with van der Waals surface area (Å²) in [5, 5.41) is 24.8. The van der Waals surface area contributed by atoms with E-state index in [1.165, 1.54) is 12.1 Å². The van der Waals surface area contributed by atoms with E-state index in [-0.39, 0.29) is 12.0 Å². The van der Waals surface area contributed by atoms with E-state index in [4.69, 9.17) is 0 Å². The van der Waals surface area contributed by atoms with E-state index in [0.717, 1.165) is 10.0 Å². The van der Waals surface area contributed by atoms with Gasteiger partial charge in [-0.15, -0.1) is 0 Å². The number of carboxylic acids is 1. The zero-order valence-corrected chi connectivity index (χ0v) is 14.9. The van der Waals surface area contributed by atoms with Crippen LogP contribution in [0.1, 0.15) is 27.9 Å². The summed E-state index contributed by atoms with van der Waals surface area (Å²) < 4.78 is 0.780. The van der Waals surface area contributed by atoms with E-state index in [1.807, 2.05) is 19.1 Å². The second-order valence-corrected chi connectivity index (χ2v) is 6.75. The third kappa shape index (κ3) is 3.20. The molecule has 2 N–H and O–H groups in total. The number of aliphatic hydroxyl groups is 1. The minimum Gasteiger partial charge on any atom is -0.478 e. The second kappa shape index (κ2) is 6.42. The number of nitrogens with zero attached hydrogens (tertiary/aromatic N) is 2. The van der Waals surface area contributed by atoms with Crippen molar-refractivity contribution in [2.24, 2.45) is 5.10 Å². The van der Waals surface area contributed by atoms with E-state index in [9.17, 15) is 19.8 Å². The largest absolute Gasteiger partial charge is 0.478 e. The molecule has 1 aliphatic heterocycles. The monoisotopic (exact) mass is 402 g/mol. The molecule has 6 nitrogen and oxygen atoms in total. The fourth-order valence-corrected chi connectivity index (χ4v) is 2.81. The van der Waals surface area contributed by atoms with Crippen molar-refractivity contribution in [1.82, 2.24) is 5.01 Å². The molecule has 128 valence electrons. The number of carbonyl (C=O) groups excluding carboxylic acids is 1. The quantitative estimate of drug-likeness (QED) is 0.825. The van der Waals surface area contributed by atoms with Gasteiger partial charge in [0.05, 0.1) is 12.1 Å². The fourth-order valence-electron chi connectivity index (χ4n) is 2.55. The number of benzene rings is 2. The molecule has 0 saturated heterocycles. The number of aliphatic carboxylic acids is 1. The van der Waals surface area contributed by atoms with Gasteiger partial charge in [-0.1, -0.05) is 45.8 Å². The lowest BCUT2D eigenvalue weighted by Crippen LogP contribution is -2.52. The summed E-state index contributed by atoms with van der Waals surface area (Å²) in [7, 11) is 0. The van der Waals surface area contributed by atoms with Crippen LogP contribution in [0.2, 0.25) is 0 Å². The maximum atomic E-state index is 12.7. The smallest absolute Gasteiger partial charge is 0.359 e. The number of hydrogen-bond donors (Lipinski definition) is 2. The highest BCUT2D eigenvalue weighted by atomic mass is 79.9. The SMILES string of the molecule is Cc1ccc(C2=NN(C(=O)c3ccc(Br)cc3)C(O)(C(=O)O)C2)cc1. The van der Waals surface area contributed by atoms with Crippen molar-refractivity contribution in [1.29, 1.82) is 0 Å². The number of amides is 1. The fraction of sp³-hybridized carbons (Fsp3) is 0.167. The van der Waals surface area contributed by atoms with Crippen LogP contribution < -0.4 is 0 Å². The molecule has 0 radical (unpaired) electrons. The van der Waals surface area contributed by atoms with Gasteiger partial charge in [-0.25, -0.2) is 4.79 Å². The van der Waals surface area contributed by atoms with Crippen LogP contribution in [0.4, 0.5) is 0 Å². The summed E-state index contributed by atoms with van der Waals surface area (Å²) >= 11 is 3.27. The first kappa shape index (κ1) is 17.3. The average Bonchev–Trinajstić information content (AvgIpc) is 2.95. The van der Waals surface area contributed by atoms with Crippen molar-refractivity contribution in [2.75, 3.05) is 0 Å². The molecule has 0 saturated carbocycles. The zero-order chi connectivity index (χ0) is 18.2. The Hall–Kier alpha value is -2.51. The lowest BCUT2D eigenvalue weighted by molar-refractivity contribution is -0.173. The molecule has 0 fully saturated rings. The van der Waals surface area contributed by atoms with Crippen LogP contribution in [0.5, 0.6) is 0 Å². The highest BCUT2D eigenvalue weighted by Crippen LogP contribution is 2.30. The van der Waals surface area contributed by atoms with Gasteiger partial charge in [-0.3, -0.25) is 4.79 Å². The molecule has 0 aliphatic carbocycles. The zero-order valence-electron chi connectivity index (χ0n) is 13.3. The Morgan fingerprint density at radius 1 is 1.12 bits per heavy atom. The van der Waals surface area contributed by atoms with Crippen molar-refractivity contribution in [3.63, 3.8) is 0 Å². The number of halogens is 1. The van der Waals surface area contributed by atoms with Gasteiger partial charge in [0.1, 0.15) is 0 Å². The Kier molecular flexibility index (Phi) is 4.45. The molecular weight excluding hydrogens is 388 g/mol. The summed E-state index contributed by atoms with van der Waals surface area (Å²) in [6, 6.07) is 13.7. The number of hydrazone groups is 1. The molecule has 7 heteroatoms. The minimum atomic E-state index is -2.41. The maximum Gasteiger partial charge on any atom is 0.359 e. The first-order valence-corrected chi connectivity index (χ1v) is 8.31. The third-order valence-corrected chi connectivity index (χ3v) is 4.52. The molecule has 1 atom stereocenters. The molecule has 2 aromatic rings. The summed E-state index contributed by atoms with van der Waals surface area (Å²) in [4.78, 5) is 24.3. The maximum absolute atomic E-state index is 12.7. The Morgan fingerprint density at radius 3 is 2.28 bits per heavy atom. The molecule has 1 heterocycles. The molecule has 1 aliphatic rings. The molecule has 1 amide bonds. The molecule has 1 unspecified atom stereocenters. The highest BCUT2D eigenvalue weighted by Gasteiger charge is 2.51. The number of rotatable bonds is 3. The standard InChI is InChI=1S/C18H15BrN2O4/c1-11-2-4-12(5-3-11)15-10-18(25,17(23)24)21(20-15)16(22)13-6-8-14(19)9-7-13/h2-9,25H,10H2,1H3,(H,23,24). The van der Waals surface area contributed by atoms with E-state index in [1.54, 1.807) is 24.3 Å². The average molecular weight is 403 g/mol. The summed E-state index contributed by atoms with van der Waals surface area (Å²) in [5.74, 6) is -2.21. The lowest BCUT2D eigenvalue weighted by Gasteiger charge is -2.26. The van der Waals surface area contributed by atoms with Crippen LogP contribution in [0.15, 0.2) is 58.1 Å². The van der Waals surface area contributed by atoms with Gasteiger partial charge in [0, 0.05) is 10.0 Å².